The molecule has 0 unspecified atom stereocenters. The molecule has 1 atom stereocenters. The third-order valence-corrected chi connectivity index (χ3v) is 8.85. The Hall–Kier alpha value is -3.46. The molecule has 4 heterocycles. The number of aromatic amines is 1. The molecule has 8 nitrogen and oxygen atoms in total. The highest BCUT2D eigenvalue weighted by Crippen LogP contribution is 2.51. The van der Waals surface area contributed by atoms with Crippen molar-refractivity contribution in [2.45, 2.75) is 37.1 Å². The Morgan fingerprint density at radius 3 is 2.78 bits per heavy atom. The smallest absolute Gasteiger partial charge is 0.253 e. The van der Waals surface area contributed by atoms with Crippen molar-refractivity contribution in [2.75, 3.05) is 31.1 Å². The molecule has 9 heteroatoms. The van der Waals surface area contributed by atoms with Gasteiger partial charge in [-0.15, -0.1) is 6.58 Å². The maximum absolute atomic E-state index is 14.1. The maximum Gasteiger partial charge on any atom is 0.253 e. The maximum atomic E-state index is 14.1. The number of fused-ring (bicyclic) bond motifs is 3. The quantitative estimate of drug-likeness (QED) is 0.487. The van der Waals surface area contributed by atoms with E-state index in [4.69, 9.17) is 0 Å². The van der Waals surface area contributed by atoms with Gasteiger partial charge in [-0.3, -0.25) is 19.5 Å². The number of amides is 3. The molecule has 0 saturated carbocycles. The molecule has 190 valence electrons. The summed E-state index contributed by atoms with van der Waals surface area (Å²) < 4.78 is 0.864. The van der Waals surface area contributed by atoms with Crippen molar-refractivity contribution in [3.8, 4) is 0 Å². The fraction of sp³-hybridized carbons (Fsp3) is 0.357. The lowest BCUT2D eigenvalue weighted by molar-refractivity contribution is -0.132. The van der Waals surface area contributed by atoms with Gasteiger partial charge in [0.15, 0.2) is 0 Å². The summed E-state index contributed by atoms with van der Waals surface area (Å²) in [4.78, 5) is 45.9. The van der Waals surface area contributed by atoms with Crippen molar-refractivity contribution in [3.63, 3.8) is 0 Å². The summed E-state index contributed by atoms with van der Waals surface area (Å²) in [6, 6.07) is 11.3. The highest BCUT2D eigenvalue weighted by atomic mass is 79.9. The number of aromatic nitrogens is 2. The van der Waals surface area contributed by atoms with Gasteiger partial charge in [-0.1, -0.05) is 28.1 Å². The molecule has 0 radical (unpaired) electrons. The number of hydrogen-bond acceptors (Lipinski definition) is 4. The average Bonchev–Trinajstić information content (AvgIpc) is 3.64. The van der Waals surface area contributed by atoms with Crippen LogP contribution in [0.2, 0.25) is 0 Å². The van der Waals surface area contributed by atoms with Gasteiger partial charge < -0.3 is 14.7 Å². The molecule has 37 heavy (non-hydrogen) atoms. The summed E-state index contributed by atoms with van der Waals surface area (Å²) in [6.45, 7) is 5.50. The first-order chi connectivity index (χ1) is 17.9. The highest BCUT2D eigenvalue weighted by molar-refractivity contribution is 9.10. The zero-order valence-corrected chi connectivity index (χ0v) is 22.0. The third kappa shape index (κ3) is 3.79. The highest BCUT2D eigenvalue weighted by Gasteiger charge is 2.54. The van der Waals surface area contributed by atoms with Crippen LogP contribution in [0.15, 0.2) is 59.7 Å². The first-order valence-electron chi connectivity index (χ1n) is 12.7. The summed E-state index contributed by atoms with van der Waals surface area (Å²) in [6.07, 6.45) is 6.39. The normalized spacial score (nSPS) is 20.6. The predicted octanol–water partition coefficient (Wildman–Crippen LogP) is 4.02. The number of nitrogens with zero attached hydrogens (tertiary/aromatic N) is 4. The van der Waals surface area contributed by atoms with E-state index in [-0.39, 0.29) is 30.3 Å². The molecule has 0 aliphatic carbocycles. The average molecular weight is 562 g/mol. The zero-order valence-electron chi connectivity index (χ0n) is 20.5. The van der Waals surface area contributed by atoms with Gasteiger partial charge in [0.1, 0.15) is 6.54 Å². The van der Waals surface area contributed by atoms with Crippen LogP contribution in [-0.2, 0) is 15.0 Å². The van der Waals surface area contributed by atoms with Crippen LogP contribution in [-0.4, -0.2) is 69.9 Å². The van der Waals surface area contributed by atoms with E-state index >= 15 is 0 Å². The SMILES string of the molecule is C=C[C@@H]1CCCN1C(=O)CN1C(=O)C2(CCN(C(=O)c3ccc4[nH]ncc4c3)CC2)c2c(Br)cccc21. The van der Waals surface area contributed by atoms with Gasteiger partial charge in [-0.2, -0.15) is 5.10 Å². The Bertz CT molecular complexity index is 1420. The van der Waals surface area contributed by atoms with Gasteiger partial charge in [0.2, 0.25) is 11.8 Å². The van der Waals surface area contributed by atoms with E-state index in [1.807, 2.05) is 52.3 Å². The Morgan fingerprint density at radius 1 is 1.19 bits per heavy atom. The van der Waals surface area contributed by atoms with E-state index in [9.17, 15) is 14.4 Å². The van der Waals surface area contributed by atoms with Crippen LogP contribution in [0.1, 0.15) is 41.6 Å². The molecule has 3 aromatic rings. The van der Waals surface area contributed by atoms with E-state index in [0.717, 1.165) is 39.5 Å². The van der Waals surface area contributed by atoms with E-state index in [2.05, 4.69) is 32.7 Å². The monoisotopic (exact) mass is 561 g/mol. The molecule has 1 aromatic heterocycles. The summed E-state index contributed by atoms with van der Waals surface area (Å²) in [7, 11) is 0. The van der Waals surface area contributed by atoms with Crippen molar-refractivity contribution in [2.24, 2.45) is 0 Å². The standard InChI is InChI=1S/C28H28BrN5O3/c1-2-20-5-4-12-33(20)24(35)17-34-23-7-3-6-21(29)25(23)28(27(34)37)10-13-32(14-11-28)26(36)18-8-9-22-19(15-18)16-30-31-22/h2-3,6-9,15-16,20H,1,4-5,10-14,17H2,(H,30,31)/t20-/m1/s1. The fourth-order valence-corrected chi connectivity index (χ4v) is 6.97. The molecule has 6 rings (SSSR count). The molecule has 3 aliphatic heterocycles. The fourth-order valence-electron chi connectivity index (χ4n) is 6.23. The third-order valence-electron chi connectivity index (χ3n) is 8.19. The zero-order chi connectivity index (χ0) is 25.7. The van der Waals surface area contributed by atoms with E-state index in [1.54, 1.807) is 11.1 Å². The van der Waals surface area contributed by atoms with Crippen molar-refractivity contribution >= 4 is 50.2 Å². The minimum Gasteiger partial charge on any atom is -0.339 e. The number of carbonyl (C=O) groups is 3. The molecular formula is C28H28BrN5O3. The summed E-state index contributed by atoms with van der Waals surface area (Å²) in [5, 5.41) is 7.83. The Morgan fingerprint density at radius 2 is 2.00 bits per heavy atom. The number of nitrogens with one attached hydrogen (secondary N) is 1. The minimum atomic E-state index is -0.760. The van der Waals surface area contributed by atoms with Gasteiger partial charge in [-0.25, -0.2) is 0 Å². The van der Waals surface area contributed by atoms with Crippen molar-refractivity contribution in [3.05, 3.63) is 70.8 Å². The van der Waals surface area contributed by atoms with Gasteiger partial charge in [0.05, 0.1) is 17.1 Å². The number of piperidine rings is 1. The Balaban J connectivity index is 1.24. The summed E-state index contributed by atoms with van der Waals surface area (Å²) in [5.74, 6) is -0.155. The molecular weight excluding hydrogens is 534 g/mol. The van der Waals surface area contributed by atoms with Crippen LogP contribution in [0, 0.1) is 0 Å². The van der Waals surface area contributed by atoms with Crippen LogP contribution >= 0.6 is 15.9 Å². The van der Waals surface area contributed by atoms with Gasteiger partial charge in [0.25, 0.3) is 5.91 Å². The van der Waals surface area contributed by atoms with Crippen molar-refractivity contribution in [1.29, 1.82) is 0 Å². The Labute approximate surface area is 223 Å². The first-order valence-corrected chi connectivity index (χ1v) is 13.5. The minimum absolute atomic E-state index is 0.0156. The number of carbonyl (C=O) groups excluding carboxylic acids is 3. The number of rotatable bonds is 4. The predicted molar refractivity (Wildman–Crippen MR) is 144 cm³/mol. The second-order valence-corrected chi connectivity index (χ2v) is 11.0. The van der Waals surface area contributed by atoms with Crippen LogP contribution in [0.4, 0.5) is 5.69 Å². The van der Waals surface area contributed by atoms with Crippen LogP contribution in [0.3, 0.4) is 0 Å². The molecule has 2 saturated heterocycles. The number of hydrogen-bond donors (Lipinski definition) is 1. The van der Waals surface area contributed by atoms with Gasteiger partial charge in [-0.05, 0) is 56.0 Å². The van der Waals surface area contributed by atoms with Gasteiger partial charge >= 0.3 is 0 Å². The number of benzene rings is 2. The molecule has 1 spiro atoms. The molecule has 3 aliphatic rings. The summed E-state index contributed by atoms with van der Waals surface area (Å²) in [5.41, 5.74) is 2.45. The lowest BCUT2D eigenvalue weighted by Gasteiger charge is -2.39. The number of likely N-dealkylation sites (tertiary alicyclic amines) is 2. The lowest BCUT2D eigenvalue weighted by atomic mass is 9.73. The van der Waals surface area contributed by atoms with E-state index < -0.39 is 5.41 Å². The van der Waals surface area contributed by atoms with Crippen molar-refractivity contribution < 1.29 is 14.4 Å². The van der Waals surface area contributed by atoms with Crippen LogP contribution in [0.5, 0.6) is 0 Å². The number of anilines is 1. The summed E-state index contributed by atoms with van der Waals surface area (Å²) >= 11 is 3.69. The Kier molecular flexibility index (Phi) is 5.90. The lowest BCUT2D eigenvalue weighted by Crippen LogP contribution is -2.52. The second-order valence-electron chi connectivity index (χ2n) is 10.1. The molecule has 1 N–H and O–H groups in total. The molecule has 2 fully saturated rings. The van der Waals surface area contributed by atoms with Gasteiger partial charge in [0, 0.05) is 52.3 Å². The second kappa shape index (κ2) is 9.13. The van der Waals surface area contributed by atoms with E-state index in [1.165, 1.54) is 0 Å². The number of H-pyrrole nitrogens is 1. The van der Waals surface area contributed by atoms with Crippen molar-refractivity contribution in [1.82, 2.24) is 20.0 Å². The molecule has 2 aromatic carbocycles. The molecule has 0 bridgehead atoms. The van der Waals surface area contributed by atoms with E-state index in [0.29, 0.717) is 38.0 Å². The van der Waals surface area contributed by atoms with Crippen LogP contribution < -0.4 is 4.90 Å². The largest absolute Gasteiger partial charge is 0.339 e. The topological polar surface area (TPSA) is 89.6 Å². The number of halogens is 1. The molecule has 3 amide bonds. The first kappa shape index (κ1) is 23.9. The van der Waals surface area contributed by atoms with Crippen LogP contribution in [0.25, 0.3) is 10.9 Å².